The number of carbonyl (C=O) groups excluding carboxylic acids is 1. The van der Waals surface area contributed by atoms with Gasteiger partial charge >= 0.3 is 0 Å². The van der Waals surface area contributed by atoms with Crippen LogP contribution >= 0.6 is 12.4 Å². The summed E-state index contributed by atoms with van der Waals surface area (Å²) >= 11 is 0. The molecule has 3 nitrogen and oxygen atoms in total. The van der Waals surface area contributed by atoms with Gasteiger partial charge in [0.1, 0.15) is 0 Å². The minimum atomic E-state index is 0. The van der Waals surface area contributed by atoms with E-state index in [4.69, 9.17) is 5.73 Å². The first kappa shape index (κ1) is 17.0. The van der Waals surface area contributed by atoms with Gasteiger partial charge in [-0.15, -0.1) is 12.4 Å². The zero-order valence-corrected chi connectivity index (χ0v) is 13.1. The first-order chi connectivity index (χ1) is 9.08. The molecule has 1 saturated carbocycles. The van der Waals surface area contributed by atoms with Gasteiger partial charge in [0, 0.05) is 18.5 Å². The molecule has 1 amide bonds. The molecule has 2 rings (SSSR count). The lowest BCUT2D eigenvalue weighted by Gasteiger charge is -2.13. The van der Waals surface area contributed by atoms with Crippen molar-refractivity contribution >= 4 is 18.3 Å². The van der Waals surface area contributed by atoms with Gasteiger partial charge in [-0.05, 0) is 56.2 Å². The van der Waals surface area contributed by atoms with Crippen LogP contribution in [0.15, 0.2) is 18.2 Å². The second-order valence-electron chi connectivity index (χ2n) is 5.68. The van der Waals surface area contributed by atoms with Crippen LogP contribution in [0.2, 0.25) is 0 Å². The van der Waals surface area contributed by atoms with Crippen LogP contribution in [0.4, 0.5) is 0 Å². The fourth-order valence-corrected chi connectivity index (χ4v) is 2.95. The number of aryl methyl sites for hydroxylation is 2. The molecule has 20 heavy (non-hydrogen) atoms. The SMILES string of the molecule is Cc1cccc(C)c1CCNC(=O)C1CCC(N)C1.Cl. The van der Waals surface area contributed by atoms with E-state index in [1.54, 1.807) is 0 Å². The number of benzene rings is 1. The lowest BCUT2D eigenvalue weighted by Crippen LogP contribution is -2.32. The zero-order valence-electron chi connectivity index (χ0n) is 12.3. The van der Waals surface area contributed by atoms with Crippen LogP contribution < -0.4 is 11.1 Å². The number of nitrogens with two attached hydrogens (primary N) is 1. The fourth-order valence-electron chi connectivity index (χ4n) is 2.95. The van der Waals surface area contributed by atoms with Crippen LogP contribution in [-0.2, 0) is 11.2 Å². The summed E-state index contributed by atoms with van der Waals surface area (Å²) in [4.78, 5) is 12.0. The van der Waals surface area contributed by atoms with Crippen molar-refractivity contribution in [2.24, 2.45) is 11.7 Å². The summed E-state index contributed by atoms with van der Waals surface area (Å²) in [5.41, 5.74) is 9.80. The van der Waals surface area contributed by atoms with E-state index < -0.39 is 0 Å². The Labute approximate surface area is 127 Å². The highest BCUT2D eigenvalue weighted by Crippen LogP contribution is 2.24. The Bertz CT molecular complexity index is 442. The van der Waals surface area contributed by atoms with Gasteiger partial charge in [-0.3, -0.25) is 4.79 Å². The molecule has 0 bridgehead atoms. The second-order valence-corrected chi connectivity index (χ2v) is 5.68. The van der Waals surface area contributed by atoms with E-state index in [9.17, 15) is 4.79 Å². The van der Waals surface area contributed by atoms with Crippen molar-refractivity contribution in [1.29, 1.82) is 0 Å². The van der Waals surface area contributed by atoms with E-state index in [0.717, 1.165) is 32.2 Å². The molecule has 1 aromatic carbocycles. The molecule has 1 aliphatic rings. The molecule has 0 saturated heterocycles. The van der Waals surface area contributed by atoms with Gasteiger partial charge in [0.05, 0.1) is 0 Å². The monoisotopic (exact) mass is 296 g/mol. The molecule has 4 heteroatoms. The predicted molar refractivity (Wildman–Crippen MR) is 85.2 cm³/mol. The van der Waals surface area contributed by atoms with Gasteiger partial charge in [0.2, 0.25) is 5.91 Å². The Morgan fingerprint density at radius 3 is 2.50 bits per heavy atom. The van der Waals surface area contributed by atoms with Gasteiger partial charge in [0.25, 0.3) is 0 Å². The normalized spacial score (nSPS) is 21.4. The van der Waals surface area contributed by atoms with E-state index >= 15 is 0 Å². The maximum Gasteiger partial charge on any atom is 0.223 e. The van der Waals surface area contributed by atoms with Gasteiger partial charge in [-0.1, -0.05) is 18.2 Å². The van der Waals surface area contributed by atoms with Gasteiger partial charge in [0.15, 0.2) is 0 Å². The first-order valence-electron chi connectivity index (χ1n) is 7.16. The summed E-state index contributed by atoms with van der Waals surface area (Å²) in [6.45, 7) is 4.97. The third-order valence-corrected chi connectivity index (χ3v) is 4.16. The fraction of sp³-hybridized carbons (Fsp3) is 0.562. The van der Waals surface area contributed by atoms with Crippen LogP contribution in [-0.4, -0.2) is 18.5 Å². The van der Waals surface area contributed by atoms with Crippen LogP contribution in [0.3, 0.4) is 0 Å². The van der Waals surface area contributed by atoms with Crippen molar-refractivity contribution in [3.05, 3.63) is 34.9 Å². The third-order valence-electron chi connectivity index (χ3n) is 4.16. The van der Waals surface area contributed by atoms with Crippen molar-refractivity contribution in [1.82, 2.24) is 5.32 Å². The first-order valence-corrected chi connectivity index (χ1v) is 7.16. The minimum Gasteiger partial charge on any atom is -0.356 e. The van der Waals surface area contributed by atoms with E-state index in [1.807, 2.05) is 0 Å². The van der Waals surface area contributed by atoms with Gasteiger partial charge < -0.3 is 11.1 Å². The molecule has 0 heterocycles. The number of carbonyl (C=O) groups is 1. The number of rotatable bonds is 4. The minimum absolute atomic E-state index is 0. The Balaban J connectivity index is 0.00000200. The number of halogens is 1. The average Bonchev–Trinajstić information content (AvgIpc) is 2.79. The lowest BCUT2D eigenvalue weighted by molar-refractivity contribution is -0.124. The van der Waals surface area contributed by atoms with Crippen LogP contribution in [0.5, 0.6) is 0 Å². The van der Waals surface area contributed by atoms with E-state index in [1.165, 1.54) is 16.7 Å². The van der Waals surface area contributed by atoms with E-state index in [0.29, 0.717) is 0 Å². The summed E-state index contributed by atoms with van der Waals surface area (Å²) in [5, 5.41) is 3.05. The molecule has 0 aliphatic heterocycles. The maximum atomic E-state index is 12.0. The predicted octanol–water partition coefficient (Wildman–Crippen LogP) is 2.51. The lowest BCUT2D eigenvalue weighted by atomic mass is 10.00. The summed E-state index contributed by atoms with van der Waals surface area (Å²) in [6, 6.07) is 6.54. The Morgan fingerprint density at radius 2 is 1.95 bits per heavy atom. The molecule has 1 aliphatic carbocycles. The molecular weight excluding hydrogens is 272 g/mol. The van der Waals surface area contributed by atoms with E-state index in [-0.39, 0.29) is 30.3 Å². The van der Waals surface area contributed by atoms with E-state index in [2.05, 4.69) is 37.4 Å². The summed E-state index contributed by atoms with van der Waals surface area (Å²) in [5.74, 6) is 0.312. The van der Waals surface area contributed by atoms with Crippen LogP contribution in [0.25, 0.3) is 0 Å². The Kier molecular flexibility index (Phi) is 6.50. The standard InChI is InChI=1S/C16H24N2O.ClH/c1-11-4-3-5-12(2)15(11)8-9-18-16(19)13-6-7-14(17)10-13;/h3-5,13-14H,6-10,17H2,1-2H3,(H,18,19);1H. The molecule has 3 N–H and O–H groups in total. The van der Waals surface area contributed by atoms with Crippen LogP contribution in [0, 0.1) is 19.8 Å². The summed E-state index contributed by atoms with van der Waals surface area (Å²) in [7, 11) is 0. The molecular formula is C16H25ClN2O. The molecule has 1 fully saturated rings. The third kappa shape index (κ3) is 4.22. The summed E-state index contributed by atoms with van der Waals surface area (Å²) in [6.07, 6.45) is 3.67. The van der Waals surface area contributed by atoms with Crippen LogP contribution in [0.1, 0.15) is 36.0 Å². The maximum absolute atomic E-state index is 12.0. The summed E-state index contributed by atoms with van der Waals surface area (Å²) < 4.78 is 0. The molecule has 2 atom stereocenters. The quantitative estimate of drug-likeness (QED) is 0.897. The molecule has 0 aromatic heterocycles. The zero-order chi connectivity index (χ0) is 13.8. The number of amides is 1. The van der Waals surface area contributed by atoms with Crippen molar-refractivity contribution < 1.29 is 4.79 Å². The second kappa shape index (κ2) is 7.65. The smallest absolute Gasteiger partial charge is 0.223 e. The highest BCUT2D eigenvalue weighted by molar-refractivity contribution is 5.85. The van der Waals surface area contributed by atoms with Crippen molar-refractivity contribution in [3.8, 4) is 0 Å². The number of hydrogen-bond acceptors (Lipinski definition) is 2. The van der Waals surface area contributed by atoms with Crippen molar-refractivity contribution in [2.75, 3.05) is 6.54 Å². The van der Waals surface area contributed by atoms with Gasteiger partial charge in [-0.25, -0.2) is 0 Å². The van der Waals surface area contributed by atoms with Crippen molar-refractivity contribution in [2.45, 2.75) is 45.6 Å². The van der Waals surface area contributed by atoms with Gasteiger partial charge in [-0.2, -0.15) is 0 Å². The molecule has 2 unspecified atom stereocenters. The largest absolute Gasteiger partial charge is 0.356 e. The Hall–Kier alpha value is -1.06. The number of nitrogens with one attached hydrogen (secondary N) is 1. The molecule has 0 radical (unpaired) electrons. The number of hydrogen-bond donors (Lipinski definition) is 2. The molecule has 0 spiro atoms. The highest BCUT2D eigenvalue weighted by atomic mass is 35.5. The van der Waals surface area contributed by atoms with Crippen molar-refractivity contribution in [3.63, 3.8) is 0 Å². The Morgan fingerprint density at radius 1 is 1.30 bits per heavy atom. The topological polar surface area (TPSA) is 55.1 Å². The average molecular weight is 297 g/mol. The highest BCUT2D eigenvalue weighted by Gasteiger charge is 2.27. The molecule has 1 aromatic rings. The molecule has 112 valence electrons.